The van der Waals surface area contributed by atoms with Crippen molar-refractivity contribution in [3.05, 3.63) is 46.8 Å². The molecule has 0 amide bonds. The largest absolute Gasteiger partial charge is 0.491 e. The summed E-state index contributed by atoms with van der Waals surface area (Å²) in [6.45, 7) is 6.29. The van der Waals surface area contributed by atoms with Crippen LogP contribution in [0.2, 0.25) is 0 Å². The summed E-state index contributed by atoms with van der Waals surface area (Å²) in [4.78, 5) is 4.24. The van der Waals surface area contributed by atoms with E-state index in [4.69, 9.17) is 14.0 Å². The summed E-state index contributed by atoms with van der Waals surface area (Å²) < 4.78 is 16.1. The molecular weight excluding hydrogens is 332 g/mol. The Labute approximate surface area is 154 Å². The van der Waals surface area contributed by atoms with E-state index in [-0.39, 0.29) is 0 Å². The summed E-state index contributed by atoms with van der Waals surface area (Å²) in [5.74, 6) is 2.32. The van der Waals surface area contributed by atoms with E-state index >= 15 is 0 Å². The minimum Gasteiger partial charge on any atom is -0.491 e. The summed E-state index contributed by atoms with van der Waals surface area (Å²) in [5, 5.41) is 10.5. The SMILES string of the molecule is CCc1cc(CNC(=NC)NCc2ccc(C)cc2OCCOC)on1. The van der Waals surface area contributed by atoms with Crippen molar-refractivity contribution in [2.24, 2.45) is 4.99 Å². The average molecular weight is 360 g/mol. The van der Waals surface area contributed by atoms with Crippen LogP contribution >= 0.6 is 0 Å². The van der Waals surface area contributed by atoms with Crippen molar-refractivity contribution < 1.29 is 14.0 Å². The van der Waals surface area contributed by atoms with Gasteiger partial charge >= 0.3 is 0 Å². The van der Waals surface area contributed by atoms with Crippen molar-refractivity contribution >= 4 is 5.96 Å². The fourth-order valence-corrected chi connectivity index (χ4v) is 2.35. The van der Waals surface area contributed by atoms with Gasteiger partial charge in [0.1, 0.15) is 12.4 Å². The molecular formula is C19H28N4O3. The van der Waals surface area contributed by atoms with Crippen LogP contribution in [0.3, 0.4) is 0 Å². The topological polar surface area (TPSA) is 80.9 Å². The van der Waals surface area contributed by atoms with Crippen LogP contribution in [0, 0.1) is 6.92 Å². The van der Waals surface area contributed by atoms with E-state index in [0.717, 1.165) is 34.8 Å². The van der Waals surface area contributed by atoms with E-state index in [0.29, 0.717) is 32.3 Å². The second-order valence-corrected chi connectivity index (χ2v) is 5.87. The molecule has 2 N–H and O–H groups in total. The third kappa shape index (κ3) is 6.07. The monoisotopic (exact) mass is 360 g/mol. The fourth-order valence-electron chi connectivity index (χ4n) is 2.35. The maximum Gasteiger partial charge on any atom is 0.191 e. The highest BCUT2D eigenvalue weighted by Gasteiger charge is 2.07. The lowest BCUT2D eigenvalue weighted by atomic mass is 10.1. The Balaban J connectivity index is 1.90. The van der Waals surface area contributed by atoms with Gasteiger partial charge in [-0.25, -0.2) is 0 Å². The molecule has 0 atom stereocenters. The van der Waals surface area contributed by atoms with E-state index in [1.54, 1.807) is 14.2 Å². The highest BCUT2D eigenvalue weighted by Crippen LogP contribution is 2.20. The molecule has 0 radical (unpaired) electrons. The summed E-state index contributed by atoms with van der Waals surface area (Å²) in [6.07, 6.45) is 0.857. The molecule has 1 aromatic carbocycles. The van der Waals surface area contributed by atoms with Crippen LogP contribution in [0.4, 0.5) is 0 Å². The number of aryl methyl sites for hydroxylation is 2. The molecule has 1 heterocycles. The Hall–Kier alpha value is -2.54. The van der Waals surface area contributed by atoms with E-state index in [1.165, 1.54) is 0 Å². The molecule has 0 fully saturated rings. The molecule has 1 aromatic heterocycles. The average Bonchev–Trinajstić information content (AvgIpc) is 3.11. The lowest BCUT2D eigenvalue weighted by Crippen LogP contribution is -2.36. The van der Waals surface area contributed by atoms with Gasteiger partial charge in [0, 0.05) is 32.3 Å². The highest BCUT2D eigenvalue weighted by atomic mass is 16.5. The third-order valence-corrected chi connectivity index (χ3v) is 3.84. The second kappa shape index (κ2) is 10.5. The van der Waals surface area contributed by atoms with Crippen molar-refractivity contribution in [2.45, 2.75) is 33.4 Å². The summed E-state index contributed by atoms with van der Waals surface area (Å²) in [6, 6.07) is 8.10. The summed E-state index contributed by atoms with van der Waals surface area (Å²) >= 11 is 0. The zero-order valence-corrected chi connectivity index (χ0v) is 16.0. The fraction of sp³-hybridized carbons (Fsp3) is 0.474. The maximum atomic E-state index is 5.82. The molecule has 142 valence electrons. The quantitative estimate of drug-likeness (QED) is 0.406. The molecule has 7 nitrogen and oxygen atoms in total. The Morgan fingerprint density at radius 1 is 1.19 bits per heavy atom. The minimum atomic E-state index is 0.519. The number of aromatic nitrogens is 1. The predicted molar refractivity (Wildman–Crippen MR) is 101 cm³/mol. The third-order valence-electron chi connectivity index (χ3n) is 3.84. The van der Waals surface area contributed by atoms with Gasteiger partial charge in [0.2, 0.25) is 0 Å². The first kappa shape index (κ1) is 19.8. The Morgan fingerprint density at radius 2 is 2.00 bits per heavy atom. The van der Waals surface area contributed by atoms with E-state index in [9.17, 15) is 0 Å². The molecule has 2 aromatic rings. The molecule has 26 heavy (non-hydrogen) atoms. The molecule has 0 bridgehead atoms. The van der Waals surface area contributed by atoms with Gasteiger partial charge in [-0.1, -0.05) is 24.2 Å². The Kier molecular flexibility index (Phi) is 7.95. The van der Waals surface area contributed by atoms with Crippen molar-refractivity contribution in [3.8, 4) is 5.75 Å². The van der Waals surface area contributed by atoms with Gasteiger partial charge in [-0.2, -0.15) is 0 Å². The number of hydrogen-bond donors (Lipinski definition) is 2. The first-order chi connectivity index (χ1) is 12.7. The number of guanidine groups is 1. The number of benzene rings is 1. The molecule has 7 heteroatoms. The first-order valence-electron chi connectivity index (χ1n) is 8.76. The molecule has 0 spiro atoms. The van der Waals surface area contributed by atoms with Gasteiger partial charge in [-0.05, 0) is 25.0 Å². The summed E-state index contributed by atoms with van der Waals surface area (Å²) in [5.41, 5.74) is 3.16. The molecule has 0 saturated heterocycles. The number of nitrogens with one attached hydrogen (secondary N) is 2. The Morgan fingerprint density at radius 3 is 2.69 bits per heavy atom. The zero-order valence-electron chi connectivity index (χ0n) is 16.0. The number of methoxy groups -OCH3 is 1. The van der Waals surface area contributed by atoms with Gasteiger partial charge in [-0.15, -0.1) is 0 Å². The van der Waals surface area contributed by atoms with Crippen LogP contribution in [-0.4, -0.2) is 38.5 Å². The summed E-state index contributed by atoms with van der Waals surface area (Å²) in [7, 11) is 3.40. The van der Waals surface area contributed by atoms with Gasteiger partial charge in [0.05, 0.1) is 18.8 Å². The van der Waals surface area contributed by atoms with E-state index in [2.05, 4.69) is 32.9 Å². The molecule has 0 saturated carbocycles. The van der Waals surface area contributed by atoms with Crippen LogP contribution in [0.25, 0.3) is 0 Å². The molecule has 0 aliphatic carbocycles. The molecule has 2 rings (SSSR count). The number of ether oxygens (including phenoxy) is 2. The number of rotatable bonds is 9. The van der Waals surface area contributed by atoms with Crippen molar-refractivity contribution in [1.29, 1.82) is 0 Å². The van der Waals surface area contributed by atoms with Crippen LogP contribution in [-0.2, 0) is 24.2 Å². The molecule has 0 unspecified atom stereocenters. The highest BCUT2D eigenvalue weighted by molar-refractivity contribution is 5.79. The number of aliphatic imine (C=N–C) groups is 1. The van der Waals surface area contributed by atoms with Crippen molar-refractivity contribution in [3.63, 3.8) is 0 Å². The first-order valence-corrected chi connectivity index (χ1v) is 8.76. The molecule has 0 aliphatic rings. The van der Waals surface area contributed by atoms with Gasteiger partial charge in [-0.3, -0.25) is 4.99 Å². The van der Waals surface area contributed by atoms with Crippen LogP contribution in [0.15, 0.2) is 33.8 Å². The Bertz CT molecular complexity index is 713. The molecule has 0 aliphatic heterocycles. The van der Waals surface area contributed by atoms with Gasteiger partial charge in [0.25, 0.3) is 0 Å². The number of nitrogens with zero attached hydrogens (tertiary/aromatic N) is 2. The maximum absolute atomic E-state index is 5.82. The zero-order chi connectivity index (χ0) is 18.8. The number of hydrogen-bond acceptors (Lipinski definition) is 5. The van der Waals surface area contributed by atoms with E-state index in [1.807, 2.05) is 26.0 Å². The van der Waals surface area contributed by atoms with Gasteiger partial charge in [0.15, 0.2) is 11.7 Å². The normalized spacial score (nSPS) is 11.5. The van der Waals surface area contributed by atoms with Crippen LogP contribution < -0.4 is 15.4 Å². The standard InChI is InChI=1S/C19H28N4O3/c1-5-16-11-17(26-23-16)13-22-19(20-3)21-12-15-7-6-14(2)10-18(15)25-9-8-24-4/h6-7,10-11H,5,8-9,12-13H2,1-4H3,(H2,20,21,22). The van der Waals surface area contributed by atoms with Crippen LogP contribution in [0.1, 0.15) is 29.5 Å². The lowest BCUT2D eigenvalue weighted by molar-refractivity contribution is 0.145. The minimum absolute atomic E-state index is 0.519. The predicted octanol–water partition coefficient (Wildman–Crippen LogP) is 2.44. The van der Waals surface area contributed by atoms with Crippen molar-refractivity contribution in [2.75, 3.05) is 27.4 Å². The van der Waals surface area contributed by atoms with E-state index < -0.39 is 0 Å². The van der Waals surface area contributed by atoms with Crippen LogP contribution in [0.5, 0.6) is 5.75 Å². The lowest BCUT2D eigenvalue weighted by Gasteiger charge is -2.15. The van der Waals surface area contributed by atoms with Gasteiger partial charge < -0.3 is 24.6 Å². The second-order valence-electron chi connectivity index (χ2n) is 5.87. The van der Waals surface area contributed by atoms with Crippen molar-refractivity contribution in [1.82, 2.24) is 15.8 Å². The smallest absolute Gasteiger partial charge is 0.191 e.